The largest absolute Gasteiger partial charge is 0.497 e. The average molecular weight is 379 g/mol. The molecule has 2 aromatic carbocycles. The molecule has 0 unspecified atom stereocenters. The highest BCUT2D eigenvalue weighted by Gasteiger charge is 2.12. The van der Waals surface area contributed by atoms with Crippen molar-refractivity contribution in [2.24, 2.45) is 0 Å². The van der Waals surface area contributed by atoms with E-state index >= 15 is 0 Å². The molecule has 1 heterocycles. The highest BCUT2D eigenvalue weighted by Crippen LogP contribution is 2.29. The molecule has 0 radical (unpaired) electrons. The van der Waals surface area contributed by atoms with Gasteiger partial charge in [0.2, 0.25) is 0 Å². The van der Waals surface area contributed by atoms with Crippen LogP contribution in [0.5, 0.6) is 17.2 Å². The maximum atomic E-state index is 12.7. The van der Waals surface area contributed by atoms with Gasteiger partial charge in [0.1, 0.15) is 17.2 Å². The molecule has 0 saturated carbocycles. The van der Waals surface area contributed by atoms with Crippen molar-refractivity contribution in [1.82, 2.24) is 4.98 Å². The molecule has 0 bridgehead atoms. The van der Waals surface area contributed by atoms with Crippen LogP contribution in [0.25, 0.3) is 0 Å². The van der Waals surface area contributed by atoms with Gasteiger partial charge in [-0.2, -0.15) is 0 Å². The van der Waals surface area contributed by atoms with Crippen molar-refractivity contribution in [3.8, 4) is 17.2 Å². The van der Waals surface area contributed by atoms with Crippen LogP contribution in [-0.4, -0.2) is 32.2 Å². The molecular formula is C21H21N3O4. The molecule has 0 aliphatic carbocycles. The molecule has 0 aliphatic rings. The first-order valence-corrected chi connectivity index (χ1v) is 8.52. The normalized spacial score (nSPS) is 10.1. The lowest BCUT2D eigenvalue weighted by Crippen LogP contribution is -2.13. The quantitative estimate of drug-likeness (QED) is 0.643. The number of aromatic nitrogens is 1. The van der Waals surface area contributed by atoms with Gasteiger partial charge in [-0.15, -0.1) is 0 Å². The topological polar surface area (TPSA) is 81.7 Å². The van der Waals surface area contributed by atoms with Crippen molar-refractivity contribution in [3.63, 3.8) is 0 Å². The Morgan fingerprint density at radius 2 is 1.64 bits per heavy atom. The third-order valence-corrected chi connectivity index (χ3v) is 4.01. The third-order valence-electron chi connectivity index (χ3n) is 4.01. The number of anilines is 3. The Balaban J connectivity index is 1.79. The first-order chi connectivity index (χ1) is 13.6. The standard InChI is InChI=1S/C21H21N3O4/c1-26-17-6-4-5-15(10-17)23-16-9-14(12-22-13-16)21(25)24-19-11-18(27-2)7-8-20(19)28-3/h4-13,23H,1-3H3,(H,24,25). The molecule has 0 atom stereocenters. The summed E-state index contributed by atoms with van der Waals surface area (Å²) in [5.41, 5.74) is 2.42. The molecule has 0 saturated heterocycles. The summed E-state index contributed by atoms with van der Waals surface area (Å²) in [6.45, 7) is 0. The zero-order valence-electron chi connectivity index (χ0n) is 15.9. The Bertz CT molecular complexity index is 975. The number of nitrogens with one attached hydrogen (secondary N) is 2. The van der Waals surface area contributed by atoms with E-state index in [4.69, 9.17) is 14.2 Å². The number of hydrogen-bond donors (Lipinski definition) is 2. The van der Waals surface area contributed by atoms with Crippen LogP contribution in [0.1, 0.15) is 10.4 Å². The number of amides is 1. The molecule has 0 aliphatic heterocycles. The maximum absolute atomic E-state index is 12.7. The predicted molar refractivity (Wildman–Crippen MR) is 108 cm³/mol. The van der Waals surface area contributed by atoms with Gasteiger partial charge in [0.15, 0.2) is 0 Å². The van der Waals surface area contributed by atoms with E-state index in [-0.39, 0.29) is 5.91 Å². The highest BCUT2D eigenvalue weighted by molar-refractivity contribution is 6.05. The van der Waals surface area contributed by atoms with Gasteiger partial charge in [0, 0.05) is 24.0 Å². The SMILES string of the molecule is COc1cccc(Nc2cncc(C(=O)Nc3cc(OC)ccc3OC)c2)c1. The van der Waals surface area contributed by atoms with Gasteiger partial charge in [-0.3, -0.25) is 9.78 Å². The van der Waals surface area contributed by atoms with Gasteiger partial charge in [0.25, 0.3) is 5.91 Å². The molecule has 1 amide bonds. The van der Waals surface area contributed by atoms with E-state index in [9.17, 15) is 4.79 Å². The van der Waals surface area contributed by atoms with Crippen LogP contribution >= 0.6 is 0 Å². The number of benzene rings is 2. The molecule has 2 N–H and O–H groups in total. The van der Waals surface area contributed by atoms with Crippen molar-refractivity contribution < 1.29 is 19.0 Å². The fourth-order valence-electron chi connectivity index (χ4n) is 2.61. The summed E-state index contributed by atoms with van der Waals surface area (Å²) in [6.07, 6.45) is 3.14. The first-order valence-electron chi connectivity index (χ1n) is 8.52. The van der Waals surface area contributed by atoms with E-state index in [1.807, 2.05) is 24.3 Å². The lowest BCUT2D eigenvalue weighted by molar-refractivity contribution is 0.102. The average Bonchev–Trinajstić information content (AvgIpc) is 2.74. The van der Waals surface area contributed by atoms with E-state index in [2.05, 4.69) is 15.6 Å². The predicted octanol–water partition coefficient (Wildman–Crippen LogP) is 4.10. The summed E-state index contributed by atoms with van der Waals surface area (Å²) in [4.78, 5) is 16.8. The van der Waals surface area contributed by atoms with Crippen LogP contribution < -0.4 is 24.8 Å². The minimum atomic E-state index is -0.312. The fraction of sp³-hybridized carbons (Fsp3) is 0.143. The molecule has 7 nitrogen and oxygen atoms in total. The number of pyridine rings is 1. The zero-order chi connectivity index (χ0) is 19.9. The highest BCUT2D eigenvalue weighted by atomic mass is 16.5. The van der Waals surface area contributed by atoms with Crippen LogP contribution in [0, 0.1) is 0 Å². The molecule has 1 aromatic heterocycles. The lowest BCUT2D eigenvalue weighted by Gasteiger charge is -2.12. The van der Waals surface area contributed by atoms with E-state index in [1.165, 1.54) is 13.3 Å². The van der Waals surface area contributed by atoms with Gasteiger partial charge in [-0.05, 0) is 30.3 Å². The maximum Gasteiger partial charge on any atom is 0.257 e. The van der Waals surface area contributed by atoms with Crippen molar-refractivity contribution in [2.45, 2.75) is 0 Å². The Morgan fingerprint density at radius 3 is 2.39 bits per heavy atom. The van der Waals surface area contributed by atoms with E-state index in [1.54, 1.807) is 44.7 Å². The van der Waals surface area contributed by atoms with Crippen molar-refractivity contribution in [2.75, 3.05) is 32.0 Å². The monoisotopic (exact) mass is 379 g/mol. The van der Waals surface area contributed by atoms with Gasteiger partial charge in [-0.25, -0.2) is 0 Å². The second-order valence-electron chi connectivity index (χ2n) is 5.84. The zero-order valence-corrected chi connectivity index (χ0v) is 15.9. The molecule has 7 heteroatoms. The summed E-state index contributed by atoms with van der Waals surface area (Å²) >= 11 is 0. The Kier molecular flexibility index (Phi) is 5.96. The van der Waals surface area contributed by atoms with Crippen molar-refractivity contribution in [1.29, 1.82) is 0 Å². The number of methoxy groups -OCH3 is 3. The van der Waals surface area contributed by atoms with Crippen LogP contribution in [0.15, 0.2) is 60.9 Å². The molecule has 3 aromatic rings. The summed E-state index contributed by atoms with van der Waals surface area (Å²) in [5, 5.41) is 6.04. The minimum Gasteiger partial charge on any atom is -0.497 e. The molecular weight excluding hydrogens is 358 g/mol. The third kappa shape index (κ3) is 4.50. The summed E-state index contributed by atoms with van der Waals surface area (Å²) in [5.74, 6) is 1.57. The molecule has 3 rings (SSSR count). The Labute approximate surface area is 163 Å². The van der Waals surface area contributed by atoms with Gasteiger partial charge < -0.3 is 24.8 Å². The van der Waals surface area contributed by atoms with E-state index < -0.39 is 0 Å². The summed E-state index contributed by atoms with van der Waals surface area (Å²) in [7, 11) is 4.71. The van der Waals surface area contributed by atoms with Crippen molar-refractivity contribution in [3.05, 3.63) is 66.5 Å². The second-order valence-corrected chi connectivity index (χ2v) is 5.84. The van der Waals surface area contributed by atoms with Crippen molar-refractivity contribution >= 4 is 23.0 Å². The lowest BCUT2D eigenvalue weighted by atomic mass is 10.2. The molecule has 144 valence electrons. The number of rotatable bonds is 7. The van der Waals surface area contributed by atoms with Crippen LogP contribution in [0.2, 0.25) is 0 Å². The van der Waals surface area contributed by atoms with Crippen LogP contribution in [0.3, 0.4) is 0 Å². The van der Waals surface area contributed by atoms with Gasteiger partial charge in [-0.1, -0.05) is 6.07 Å². The Morgan fingerprint density at radius 1 is 0.857 bits per heavy atom. The first kappa shape index (κ1) is 19.0. The number of carbonyl (C=O) groups excluding carboxylic acids is 1. The number of nitrogens with zero attached hydrogens (tertiary/aromatic N) is 1. The minimum absolute atomic E-state index is 0.312. The summed E-state index contributed by atoms with van der Waals surface area (Å²) < 4.78 is 15.7. The number of ether oxygens (including phenoxy) is 3. The summed E-state index contributed by atoms with van der Waals surface area (Å²) in [6, 6.07) is 14.4. The molecule has 0 spiro atoms. The smallest absolute Gasteiger partial charge is 0.257 e. The fourth-order valence-corrected chi connectivity index (χ4v) is 2.61. The second kappa shape index (κ2) is 8.77. The Hall–Kier alpha value is -3.74. The molecule has 28 heavy (non-hydrogen) atoms. The van der Waals surface area contributed by atoms with Crippen LogP contribution in [-0.2, 0) is 0 Å². The van der Waals surface area contributed by atoms with Crippen LogP contribution in [0.4, 0.5) is 17.1 Å². The van der Waals surface area contributed by atoms with E-state index in [0.29, 0.717) is 28.4 Å². The number of hydrogen-bond acceptors (Lipinski definition) is 6. The van der Waals surface area contributed by atoms with E-state index in [0.717, 1.165) is 11.4 Å². The van der Waals surface area contributed by atoms with Gasteiger partial charge in [0.05, 0.1) is 44.5 Å². The number of carbonyl (C=O) groups is 1. The molecule has 0 fully saturated rings. The van der Waals surface area contributed by atoms with Gasteiger partial charge >= 0.3 is 0 Å².